The van der Waals surface area contributed by atoms with E-state index in [1.165, 1.54) is 24.3 Å². The molecule has 2 N–H and O–H groups in total. The van der Waals surface area contributed by atoms with Crippen LogP contribution < -0.4 is 5.14 Å². The molecule has 0 radical (unpaired) electrons. The van der Waals surface area contributed by atoms with Gasteiger partial charge in [0, 0.05) is 18.3 Å². The molecule has 2 unspecified atom stereocenters. The average Bonchev–Trinajstić information content (AvgIpc) is 3.05. The number of ketones is 1. The van der Waals surface area contributed by atoms with Crippen LogP contribution in [-0.2, 0) is 27.4 Å². The maximum atomic E-state index is 13.1. The van der Waals surface area contributed by atoms with E-state index in [4.69, 9.17) is 5.14 Å². The van der Waals surface area contributed by atoms with E-state index in [1.54, 1.807) is 12.1 Å². The Morgan fingerprint density at radius 3 is 2.07 bits per heavy atom. The summed E-state index contributed by atoms with van der Waals surface area (Å²) < 4.78 is 61.2. The number of carbonyl (C=O) groups excluding carboxylic acids is 1. The molecule has 160 valence electrons. The molecule has 2 aromatic rings. The zero-order valence-corrected chi connectivity index (χ0v) is 17.0. The van der Waals surface area contributed by atoms with E-state index < -0.39 is 21.8 Å². The molecule has 0 heterocycles. The lowest BCUT2D eigenvalue weighted by Gasteiger charge is -2.09. The molecular formula is C22H22F3NO3S. The molecule has 4 nitrogen and oxygen atoms in total. The molecule has 2 atom stereocenters. The Kier molecular flexibility index (Phi) is 5.05. The summed E-state index contributed by atoms with van der Waals surface area (Å²) in [6.45, 7) is 0. The minimum Gasteiger partial charge on any atom is -0.299 e. The van der Waals surface area contributed by atoms with Crippen molar-refractivity contribution >= 4 is 15.8 Å². The molecule has 0 saturated heterocycles. The van der Waals surface area contributed by atoms with Crippen molar-refractivity contribution in [2.45, 2.75) is 49.1 Å². The Morgan fingerprint density at radius 2 is 1.57 bits per heavy atom. The first-order valence-electron chi connectivity index (χ1n) is 9.84. The van der Waals surface area contributed by atoms with Gasteiger partial charge in [0.25, 0.3) is 0 Å². The van der Waals surface area contributed by atoms with Crippen LogP contribution in [0.25, 0.3) is 0 Å². The second-order valence-electron chi connectivity index (χ2n) is 8.35. The first-order valence-corrected chi connectivity index (χ1v) is 11.4. The smallest absolute Gasteiger partial charge is 0.299 e. The Bertz CT molecular complexity index is 1050. The topological polar surface area (TPSA) is 77.2 Å². The SMILES string of the molecule is NS(=O)(=O)c1ccc(C2C(C(=O)Cc3ccc(C(F)(F)F)cc3)C23CCCC3)cc1. The highest BCUT2D eigenvalue weighted by Gasteiger charge is 2.67. The summed E-state index contributed by atoms with van der Waals surface area (Å²) in [7, 11) is -3.78. The lowest BCUT2D eigenvalue weighted by atomic mass is 9.95. The number of hydrogen-bond donors (Lipinski definition) is 1. The van der Waals surface area contributed by atoms with Gasteiger partial charge in [0.15, 0.2) is 0 Å². The van der Waals surface area contributed by atoms with E-state index in [2.05, 4.69) is 0 Å². The highest BCUT2D eigenvalue weighted by molar-refractivity contribution is 7.89. The molecule has 2 aliphatic carbocycles. The first kappa shape index (κ1) is 21.1. The molecule has 2 aliphatic rings. The van der Waals surface area contributed by atoms with Gasteiger partial charge in [0.2, 0.25) is 10.0 Å². The van der Waals surface area contributed by atoms with Crippen LogP contribution in [0.3, 0.4) is 0 Å². The minimum atomic E-state index is -4.40. The minimum absolute atomic E-state index is 0.0106. The highest BCUT2D eigenvalue weighted by Crippen LogP contribution is 2.72. The van der Waals surface area contributed by atoms with E-state index >= 15 is 0 Å². The van der Waals surface area contributed by atoms with E-state index in [9.17, 15) is 26.4 Å². The zero-order chi connectivity index (χ0) is 21.7. The van der Waals surface area contributed by atoms with Crippen molar-refractivity contribution in [3.05, 3.63) is 65.2 Å². The van der Waals surface area contributed by atoms with Gasteiger partial charge in [-0.25, -0.2) is 13.6 Å². The molecule has 0 amide bonds. The van der Waals surface area contributed by atoms with Gasteiger partial charge in [-0.1, -0.05) is 37.1 Å². The second-order valence-corrected chi connectivity index (χ2v) is 9.91. The third-order valence-electron chi connectivity index (χ3n) is 6.57. The average molecular weight is 437 g/mol. The normalized spacial score (nSPS) is 22.9. The van der Waals surface area contributed by atoms with Crippen molar-refractivity contribution in [3.8, 4) is 0 Å². The quantitative estimate of drug-likeness (QED) is 0.751. The number of nitrogens with two attached hydrogens (primary N) is 1. The number of benzene rings is 2. The highest BCUT2D eigenvalue weighted by atomic mass is 32.2. The molecule has 2 aromatic carbocycles. The zero-order valence-electron chi connectivity index (χ0n) is 16.2. The fourth-order valence-corrected chi connectivity index (χ4v) is 5.68. The standard InChI is InChI=1S/C22H22F3NO3S/c23-22(24,25)16-7-3-14(4-8-16)13-18(27)20-19(21(20)11-1-2-12-21)15-5-9-17(10-6-15)30(26,28)29/h3-10,19-20H,1-2,11-13H2,(H2,26,28,29). The number of alkyl halides is 3. The number of carbonyl (C=O) groups is 1. The summed E-state index contributed by atoms with van der Waals surface area (Å²) in [5, 5.41) is 5.16. The van der Waals surface area contributed by atoms with Crippen molar-refractivity contribution in [2.24, 2.45) is 16.5 Å². The van der Waals surface area contributed by atoms with Crippen LogP contribution in [0.1, 0.15) is 48.3 Å². The molecule has 1 spiro atoms. The third-order valence-corrected chi connectivity index (χ3v) is 7.50. The molecule has 0 bridgehead atoms. The van der Waals surface area contributed by atoms with Gasteiger partial charge in [-0.05, 0) is 53.6 Å². The van der Waals surface area contributed by atoms with Crippen molar-refractivity contribution < 1.29 is 26.4 Å². The lowest BCUT2D eigenvalue weighted by molar-refractivity contribution is -0.137. The van der Waals surface area contributed by atoms with Crippen LogP contribution in [0.2, 0.25) is 0 Å². The summed E-state index contributed by atoms with van der Waals surface area (Å²) in [6.07, 6.45) is -0.376. The van der Waals surface area contributed by atoms with E-state index in [-0.39, 0.29) is 34.4 Å². The molecule has 0 aromatic heterocycles. The van der Waals surface area contributed by atoms with E-state index in [0.717, 1.165) is 43.4 Å². The van der Waals surface area contributed by atoms with Crippen LogP contribution >= 0.6 is 0 Å². The van der Waals surface area contributed by atoms with Crippen molar-refractivity contribution in [3.63, 3.8) is 0 Å². The number of hydrogen-bond acceptors (Lipinski definition) is 3. The number of rotatable bonds is 5. The van der Waals surface area contributed by atoms with E-state index in [1.807, 2.05) is 0 Å². The van der Waals surface area contributed by atoms with Crippen LogP contribution in [0.4, 0.5) is 13.2 Å². The van der Waals surface area contributed by atoms with Crippen LogP contribution in [0.15, 0.2) is 53.4 Å². The largest absolute Gasteiger partial charge is 0.416 e. The van der Waals surface area contributed by atoms with Gasteiger partial charge in [0.1, 0.15) is 5.78 Å². The van der Waals surface area contributed by atoms with Crippen molar-refractivity contribution in [1.29, 1.82) is 0 Å². The fraction of sp³-hybridized carbons (Fsp3) is 0.409. The predicted molar refractivity (Wildman–Crippen MR) is 105 cm³/mol. The molecule has 8 heteroatoms. The molecule has 4 rings (SSSR count). The molecular weight excluding hydrogens is 415 g/mol. The van der Waals surface area contributed by atoms with Gasteiger partial charge in [-0.3, -0.25) is 4.79 Å². The van der Waals surface area contributed by atoms with E-state index in [0.29, 0.717) is 5.56 Å². The first-order chi connectivity index (χ1) is 14.0. The molecule has 0 aliphatic heterocycles. The van der Waals surface area contributed by atoms with Gasteiger partial charge in [-0.15, -0.1) is 0 Å². The number of sulfonamides is 1. The monoisotopic (exact) mass is 437 g/mol. The van der Waals surface area contributed by atoms with Gasteiger partial charge in [0.05, 0.1) is 10.5 Å². The molecule has 2 saturated carbocycles. The van der Waals surface area contributed by atoms with Gasteiger partial charge in [-0.2, -0.15) is 13.2 Å². The van der Waals surface area contributed by atoms with Gasteiger partial charge >= 0.3 is 6.18 Å². The third kappa shape index (κ3) is 3.78. The van der Waals surface area contributed by atoms with Crippen molar-refractivity contribution in [2.75, 3.05) is 0 Å². The van der Waals surface area contributed by atoms with Crippen LogP contribution in [-0.4, -0.2) is 14.2 Å². The number of Topliss-reactive ketones (excluding diaryl/α,β-unsaturated/α-hetero) is 1. The summed E-state index contributed by atoms with van der Waals surface area (Å²) in [5.41, 5.74) is 0.628. The molecule has 2 fully saturated rings. The Morgan fingerprint density at radius 1 is 1.00 bits per heavy atom. The Balaban J connectivity index is 1.54. The van der Waals surface area contributed by atoms with Crippen molar-refractivity contribution in [1.82, 2.24) is 0 Å². The Hall–Kier alpha value is -2.19. The Labute approximate surface area is 173 Å². The second kappa shape index (κ2) is 7.20. The number of halogens is 3. The molecule has 30 heavy (non-hydrogen) atoms. The maximum Gasteiger partial charge on any atom is 0.416 e. The summed E-state index contributed by atoms with van der Waals surface area (Å²) in [6, 6.07) is 11.1. The van der Waals surface area contributed by atoms with Crippen LogP contribution in [0.5, 0.6) is 0 Å². The maximum absolute atomic E-state index is 13.1. The fourth-order valence-electron chi connectivity index (χ4n) is 5.17. The lowest BCUT2D eigenvalue weighted by Crippen LogP contribution is -2.12. The summed E-state index contributed by atoms with van der Waals surface area (Å²) in [4.78, 5) is 13.1. The summed E-state index contributed by atoms with van der Waals surface area (Å²) >= 11 is 0. The number of primary sulfonamides is 1. The predicted octanol–water partition coefficient (Wildman–Crippen LogP) is 4.44. The van der Waals surface area contributed by atoms with Crippen LogP contribution in [0, 0.1) is 11.3 Å². The summed E-state index contributed by atoms with van der Waals surface area (Å²) in [5.74, 6) is -0.156. The van der Waals surface area contributed by atoms with Gasteiger partial charge < -0.3 is 0 Å².